The number of rotatable bonds is 8. The van der Waals surface area contributed by atoms with Crippen molar-refractivity contribution < 1.29 is 19.1 Å². The van der Waals surface area contributed by atoms with E-state index in [0.29, 0.717) is 12.8 Å². The van der Waals surface area contributed by atoms with Crippen molar-refractivity contribution >= 4 is 43.8 Å². The van der Waals surface area contributed by atoms with Gasteiger partial charge in [0.05, 0.1) is 0 Å². The second-order valence-corrected chi connectivity index (χ2v) is 7.83. The first-order valence-electron chi connectivity index (χ1n) is 8.75. The number of halogens is 2. The number of ether oxygens (including phenoxy) is 2. The van der Waals surface area contributed by atoms with Crippen molar-refractivity contribution in [1.82, 2.24) is 0 Å². The average molecular weight is 498 g/mol. The van der Waals surface area contributed by atoms with Crippen LogP contribution in [-0.2, 0) is 32.3 Å². The summed E-state index contributed by atoms with van der Waals surface area (Å²) in [7, 11) is 0. The van der Waals surface area contributed by atoms with Gasteiger partial charge in [0.25, 0.3) is 0 Å². The molecular formula is C21H22Br2O4. The largest absolute Gasteiger partial charge is 0.460 e. The van der Waals surface area contributed by atoms with Gasteiger partial charge in [0.15, 0.2) is 5.41 Å². The Morgan fingerprint density at radius 1 is 0.778 bits per heavy atom. The summed E-state index contributed by atoms with van der Waals surface area (Å²) in [5.41, 5.74) is 0.379. The zero-order valence-corrected chi connectivity index (χ0v) is 18.5. The Labute approximate surface area is 176 Å². The first-order chi connectivity index (χ1) is 12.9. The van der Waals surface area contributed by atoms with Crippen LogP contribution in [0.25, 0.3) is 0 Å². The second kappa shape index (κ2) is 10.0. The minimum absolute atomic E-state index is 0.0967. The summed E-state index contributed by atoms with van der Waals surface area (Å²) >= 11 is 6.86. The molecule has 0 bridgehead atoms. The van der Waals surface area contributed by atoms with Crippen LogP contribution in [0.1, 0.15) is 37.8 Å². The maximum absolute atomic E-state index is 12.8. The van der Waals surface area contributed by atoms with E-state index >= 15 is 0 Å². The third-order valence-electron chi connectivity index (χ3n) is 4.62. The second-order valence-electron chi connectivity index (χ2n) is 6.12. The van der Waals surface area contributed by atoms with E-state index in [2.05, 4.69) is 31.9 Å². The minimum Gasteiger partial charge on any atom is -0.460 e. The Balaban J connectivity index is 2.08. The Morgan fingerprint density at radius 2 is 1.15 bits per heavy atom. The third-order valence-corrected chi connectivity index (χ3v) is 6.17. The van der Waals surface area contributed by atoms with E-state index in [0.717, 1.165) is 20.1 Å². The van der Waals surface area contributed by atoms with Gasteiger partial charge >= 0.3 is 11.9 Å². The molecule has 0 saturated carbocycles. The lowest BCUT2D eigenvalue weighted by molar-refractivity contribution is -0.175. The van der Waals surface area contributed by atoms with Gasteiger partial charge in [0.1, 0.15) is 13.2 Å². The number of esters is 2. The predicted octanol–water partition coefficient (Wildman–Crippen LogP) is 5.80. The molecular weight excluding hydrogens is 476 g/mol. The summed E-state index contributed by atoms with van der Waals surface area (Å²) < 4.78 is 12.7. The van der Waals surface area contributed by atoms with Crippen molar-refractivity contribution in [3.63, 3.8) is 0 Å². The number of carbonyl (C=O) groups excluding carboxylic acids is 2. The molecule has 0 saturated heterocycles. The lowest BCUT2D eigenvalue weighted by Crippen LogP contribution is -2.41. The Morgan fingerprint density at radius 3 is 1.48 bits per heavy atom. The SMILES string of the molecule is CCC(CC)(C(=O)OCc1ccccc1Br)C(=O)OCc1ccccc1Br. The van der Waals surface area contributed by atoms with E-state index < -0.39 is 17.4 Å². The van der Waals surface area contributed by atoms with Crippen LogP contribution in [-0.4, -0.2) is 11.9 Å². The molecule has 6 heteroatoms. The third kappa shape index (κ3) is 5.20. The molecule has 27 heavy (non-hydrogen) atoms. The zero-order chi connectivity index (χ0) is 19.9. The van der Waals surface area contributed by atoms with E-state index in [1.165, 1.54) is 0 Å². The van der Waals surface area contributed by atoms with Crippen molar-refractivity contribution in [3.8, 4) is 0 Å². The molecule has 0 N–H and O–H groups in total. The Bertz CT molecular complexity index is 737. The highest BCUT2D eigenvalue weighted by molar-refractivity contribution is 9.10. The van der Waals surface area contributed by atoms with Gasteiger partial charge < -0.3 is 9.47 Å². The lowest BCUT2D eigenvalue weighted by Gasteiger charge is -2.27. The van der Waals surface area contributed by atoms with Gasteiger partial charge in [-0.2, -0.15) is 0 Å². The van der Waals surface area contributed by atoms with Gasteiger partial charge in [0.2, 0.25) is 0 Å². The van der Waals surface area contributed by atoms with Gasteiger partial charge in [-0.05, 0) is 25.0 Å². The fourth-order valence-electron chi connectivity index (χ4n) is 2.70. The van der Waals surface area contributed by atoms with Crippen LogP contribution in [0, 0.1) is 5.41 Å². The minimum atomic E-state index is -1.30. The number of hydrogen-bond acceptors (Lipinski definition) is 4. The normalized spacial score (nSPS) is 11.1. The van der Waals surface area contributed by atoms with Gasteiger partial charge in [-0.15, -0.1) is 0 Å². The topological polar surface area (TPSA) is 52.6 Å². The van der Waals surface area contributed by atoms with Crippen LogP contribution in [0.5, 0.6) is 0 Å². The highest BCUT2D eigenvalue weighted by Crippen LogP contribution is 2.32. The first-order valence-corrected chi connectivity index (χ1v) is 10.3. The van der Waals surface area contributed by atoms with E-state index in [-0.39, 0.29) is 13.2 Å². The average Bonchev–Trinajstić information content (AvgIpc) is 2.68. The van der Waals surface area contributed by atoms with Gasteiger partial charge in [-0.1, -0.05) is 82.1 Å². The van der Waals surface area contributed by atoms with Crippen LogP contribution in [0.4, 0.5) is 0 Å². The predicted molar refractivity (Wildman–Crippen MR) is 111 cm³/mol. The number of hydrogen-bond donors (Lipinski definition) is 0. The molecule has 0 unspecified atom stereocenters. The van der Waals surface area contributed by atoms with Crippen LogP contribution >= 0.6 is 31.9 Å². The maximum atomic E-state index is 12.8. The van der Waals surface area contributed by atoms with Crippen LogP contribution < -0.4 is 0 Å². The molecule has 2 rings (SSSR count). The van der Waals surface area contributed by atoms with Gasteiger partial charge in [0, 0.05) is 20.1 Å². The smallest absolute Gasteiger partial charge is 0.323 e. The van der Waals surface area contributed by atoms with E-state index in [9.17, 15) is 9.59 Å². The fraction of sp³-hybridized carbons (Fsp3) is 0.333. The lowest BCUT2D eigenvalue weighted by atomic mass is 9.82. The van der Waals surface area contributed by atoms with Crippen molar-refractivity contribution in [1.29, 1.82) is 0 Å². The summed E-state index contributed by atoms with van der Waals surface area (Å²) in [6, 6.07) is 15.0. The van der Waals surface area contributed by atoms with Crippen LogP contribution in [0.15, 0.2) is 57.5 Å². The summed E-state index contributed by atoms with van der Waals surface area (Å²) in [6.45, 7) is 3.78. The highest BCUT2D eigenvalue weighted by atomic mass is 79.9. The summed E-state index contributed by atoms with van der Waals surface area (Å²) in [5, 5.41) is 0. The van der Waals surface area contributed by atoms with Crippen LogP contribution in [0.3, 0.4) is 0 Å². The maximum Gasteiger partial charge on any atom is 0.323 e. The molecule has 0 amide bonds. The van der Waals surface area contributed by atoms with Gasteiger partial charge in [-0.3, -0.25) is 9.59 Å². The molecule has 0 heterocycles. The summed E-state index contributed by atoms with van der Waals surface area (Å²) in [6.07, 6.45) is 0.625. The Kier molecular flexibility index (Phi) is 8.05. The Hall–Kier alpha value is -1.66. The highest BCUT2D eigenvalue weighted by Gasteiger charge is 2.46. The molecule has 0 atom stereocenters. The van der Waals surface area contributed by atoms with Crippen molar-refractivity contribution in [3.05, 3.63) is 68.6 Å². The number of carbonyl (C=O) groups is 2. The fourth-order valence-corrected chi connectivity index (χ4v) is 3.50. The molecule has 0 fully saturated rings. The molecule has 4 nitrogen and oxygen atoms in total. The van der Waals surface area contributed by atoms with E-state index in [4.69, 9.17) is 9.47 Å². The molecule has 0 aliphatic carbocycles. The molecule has 0 spiro atoms. The molecule has 0 aromatic heterocycles. The van der Waals surface area contributed by atoms with Crippen molar-refractivity contribution in [2.45, 2.75) is 39.9 Å². The van der Waals surface area contributed by atoms with Gasteiger partial charge in [-0.25, -0.2) is 0 Å². The number of benzene rings is 2. The summed E-state index contributed by atoms with van der Waals surface area (Å²) in [5.74, 6) is -1.11. The quantitative estimate of drug-likeness (QED) is 0.341. The van der Waals surface area contributed by atoms with Crippen molar-refractivity contribution in [2.75, 3.05) is 0 Å². The summed E-state index contributed by atoms with van der Waals surface area (Å²) in [4.78, 5) is 25.6. The van der Waals surface area contributed by atoms with E-state index in [1.54, 1.807) is 13.8 Å². The van der Waals surface area contributed by atoms with Crippen molar-refractivity contribution in [2.24, 2.45) is 5.41 Å². The monoisotopic (exact) mass is 496 g/mol. The molecule has 0 aliphatic heterocycles. The zero-order valence-electron chi connectivity index (χ0n) is 15.3. The molecule has 144 valence electrons. The van der Waals surface area contributed by atoms with Crippen LogP contribution in [0.2, 0.25) is 0 Å². The molecule has 2 aromatic carbocycles. The molecule has 2 aromatic rings. The standard InChI is InChI=1S/C21H22Br2O4/c1-3-21(4-2,19(24)26-13-15-9-5-7-11-17(15)22)20(25)27-14-16-10-6-8-12-18(16)23/h5-12H,3-4,13-14H2,1-2H3. The first kappa shape index (κ1) is 21.6. The molecule has 0 radical (unpaired) electrons. The van der Waals surface area contributed by atoms with E-state index in [1.807, 2.05) is 48.5 Å². The molecule has 0 aliphatic rings.